The first kappa shape index (κ1) is 17.4. The third-order valence-electron chi connectivity index (χ3n) is 3.41. The maximum absolute atomic E-state index is 12.8. The number of aliphatic carboxylic acids is 1. The van der Waals surface area contributed by atoms with Crippen LogP contribution in [0.15, 0.2) is 18.2 Å². The Bertz CT molecular complexity index is 609. The summed E-state index contributed by atoms with van der Waals surface area (Å²) >= 11 is 0. The van der Waals surface area contributed by atoms with Crippen molar-refractivity contribution in [3.63, 3.8) is 0 Å². The van der Waals surface area contributed by atoms with Gasteiger partial charge < -0.3 is 14.9 Å². The molecule has 0 amide bonds. The topological polar surface area (TPSA) is 66.8 Å². The first-order valence-corrected chi connectivity index (χ1v) is 6.25. The van der Waals surface area contributed by atoms with E-state index in [1.54, 1.807) is 0 Å². The Labute approximate surface area is 125 Å². The van der Waals surface area contributed by atoms with Crippen LogP contribution in [-0.4, -0.2) is 34.6 Å². The first-order chi connectivity index (χ1) is 10.4. The van der Waals surface area contributed by atoms with E-state index in [2.05, 4.69) is 4.74 Å². The monoisotopic (exact) mass is 344 g/mol. The van der Waals surface area contributed by atoms with Crippen LogP contribution in [0.3, 0.4) is 0 Å². The molecule has 0 aromatic heterocycles. The lowest BCUT2D eigenvalue weighted by atomic mass is 9.89. The standard InChI is InChI=1S/C13H10F6O4/c14-12(15,16)9(20)5-1-2-8-6(3-5)4-7(11(21)22)10(23-8)13(17,18)19/h1-3,7,9-10,20H,4H2,(H,21,22). The number of aliphatic hydroxyl groups excluding tert-OH is 1. The van der Waals surface area contributed by atoms with Gasteiger partial charge in [-0.15, -0.1) is 0 Å². The molecule has 4 nitrogen and oxygen atoms in total. The van der Waals surface area contributed by atoms with E-state index in [1.165, 1.54) is 0 Å². The highest BCUT2D eigenvalue weighted by atomic mass is 19.4. The average molecular weight is 344 g/mol. The van der Waals surface area contributed by atoms with Gasteiger partial charge in [0.25, 0.3) is 0 Å². The number of aliphatic hydroxyl groups is 1. The Hall–Kier alpha value is -1.97. The number of carboxylic acids is 1. The second-order valence-electron chi connectivity index (χ2n) is 5.04. The van der Waals surface area contributed by atoms with E-state index in [4.69, 9.17) is 10.2 Å². The molecule has 23 heavy (non-hydrogen) atoms. The van der Waals surface area contributed by atoms with Crippen LogP contribution < -0.4 is 4.74 Å². The second-order valence-corrected chi connectivity index (χ2v) is 5.04. The van der Waals surface area contributed by atoms with Crippen molar-refractivity contribution in [1.29, 1.82) is 0 Å². The summed E-state index contributed by atoms with van der Waals surface area (Å²) in [4.78, 5) is 11.0. The van der Waals surface area contributed by atoms with Gasteiger partial charge in [-0.1, -0.05) is 6.07 Å². The molecule has 0 aliphatic carbocycles. The largest absolute Gasteiger partial charge is 0.481 e. The summed E-state index contributed by atoms with van der Waals surface area (Å²) in [5.74, 6) is -4.12. The Morgan fingerprint density at radius 3 is 2.30 bits per heavy atom. The zero-order valence-corrected chi connectivity index (χ0v) is 11.1. The van der Waals surface area contributed by atoms with E-state index in [1.807, 2.05) is 0 Å². The van der Waals surface area contributed by atoms with E-state index >= 15 is 0 Å². The number of alkyl halides is 6. The molecule has 0 spiro atoms. The van der Waals surface area contributed by atoms with Gasteiger partial charge in [-0.2, -0.15) is 26.3 Å². The van der Waals surface area contributed by atoms with Gasteiger partial charge in [-0.05, 0) is 29.7 Å². The van der Waals surface area contributed by atoms with Crippen LogP contribution in [0.4, 0.5) is 26.3 Å². The van der Waals surface area contributed by atoms with Crippen molar-refractivity contribution in [2.75, 3.05) is 0 Å². The highest BCUT2D eigenvalue weighted by Crippen LogP contribution is 2.41. The summed E-state index contributed by atoms with van der Waals surface area (Å²) in [6, 6.07) is 2.44. The number of hydrogen-bond acceptors (Lipinski definition) is 3. The van der Waals surface area contributed by atoms with Gasteiger partial charge in [0.15, 0.2) is 6.10 Å². The molecule has 1 aliphatic rings. The number of halogens is 6. The zero-order valence-electron chi connectivity index (χ0n) is 11.1. The molecule has 1 heterocycles. The van der Waals surface area contributed by atoms with Crippen LogP contribution in [0.5, 0.6) is 5.75 Å². The smallest absolute Gasteiger partial charge is 0.426 e. The molecule has 0 saturated heterocycles. The number of hydrogen-bond donors (Lipinski definition) is 2. The number of carboxylic acid groups (broad SMARTS) is 1. The molecule has 0 saturated carbocycles. The Morgan fingerprint density at radius 1 is 1.22 bits per heavy atom. The fourth-order valence-corrected chi connectivity index (χ4v) is 2.31. The van der Waals surface area contributed by atoms with Crippen LogP contribution in [0.25, 0.3) is 0 Å². The van der Waals surface area contributed by atoms with Gasteiger partial charge in [0, 0.05) is 0 Å². The number of rotatable bonds is 2. The highest BCUT2D eigenvalue weighted by molar-refractivity contribution is 5.72. The molecule has 1 aliphatic heterocycles. The SMILES string of the molecule is O=C(O)C1Cc2cc(C(O)C(F)(F)F)ccc2OC1C(F)(F)F. The summed E-state index contributed by atoms with van der Waals surface area (Å²) in [5.41, 5.74) is -0.742. The number of carbonyl (C=O) groups is 1. The predicted octanol–water partition coefficient (Wildman–Crippen LogP) is 2.85. The van der Waals surface area contributed by atoms with Gasteiger partial charge in [-0.3, -0.25) is 4.79 Å². The van der Waals surface area contributed by atoms with Crippen molar-refractivity contribution in [3.8, 4) is 5.75 Å². The molecule has 1 aromatic carbocycles. The lowest BCUT2D eigenvalue weighted by molar-refractivity contribution is -0.217. The Balaban J connectivity index is 2.39. The van der Waals surface area contributed by atoms with E-state index < -0.39 is 48.4 Å². The van der Waals surface area contributed by atoms with Gasteiger partial charge in [-0.25, -0.2) is 0 Å². The van der Waals surface area contributed by atoms with Gasteiger partial charge in [0.05, 0.1) is 0 Å². The number of benzene rings is 1. The minimum Gasteiger partial charge on any atom is -0.481 e. The molecule has 3 unspecified atom stereocenters. The van der Waals surface area contributed by atoms with Crippen LogP contribution in [0.2, 0.25) is 0 Å². The molecule has 2 N–H and O–H groups in total. The van der Waals surface area contributed by atoms with Crippen molar-refractivity contribution in [1.82, 2.24) is 0 Å². The summed E-state index contributed by atoms with van der Waals surface area (Å²) in [6.45, 7) is 0. The van der Waals surface area contributed by atoms with Crippen molar-refractivity contribution < 1.29 is 46.1 Å². The molecular weight excluding hydrogens is 334 g/mol. The van der Waals surface area contributed by atoms with Crippen molar-refractivity contribution in [2.45, 2.75) is 31.0 Å². The molecule has 0 radical (unpaired) electrons. The van der Waals surface area contributed by atoms with Gasteiger partial charge in [0.1, 0.15) is 11.7 Å². The molecule has 10 heteroatoms. The van der Waals surface area contributed by atoms with E-state index in [0.717, 1.165) is 18.2 Å². The average Bonchev–Trinajstić information content (AvgIpc) is 2.42. The fraction of sp³-hybridized carbons (Fsp3) is 0.462. The second kappa shape index (κ2) is 5.59. The third kappa shape index (κ3) is 3.52. The van der Waals surface area contributed by atoms with E-state index in [9.17, 15) is 31.1 Å². The van der Waals surface area contributed by atoms with E-state index in [0.29, 0.717) is 0 Å². The number of fused-ring (bicyclic) bond motifs is 1. The molecule has 1 aromatic rings. The molecule has 128 valence electrons. The van der Waals surface area contributed by atoms with Crippen molar-refractivity contribution >= 4 is 5.97 Å². The molecule has 0 fully saturated rings. The lowest BCUT2D eigenvalue weighted by Gasteiger charge is -2.32. The van der Waals surface area contributed by atoms with Crippen LogP contribution in [-0.2, 0) is 11.2 Å². The van der Waals surface area contributed by atoms with Crippen molar-refractivity contribution in [2.24, 2.45) is 5.92 Å². The minimum absolute atomic E-state index is 0.140. The summed E-state index contributed by atoms with van der Waals surface area (Å²) in [5, 5.41) is 18.0. The normalized spacial score (nSPS) is 22.9. The fourth-order valence-electron chi connectivity index (χ4n) is 2.31. The first-order valence-electron chi connectivity index (χ1n) is 6.25. The summed E-state index contributed by atoms with van der Waals surface area (Å²) < 4.78 is 80.5. The Morgan fingerprint density at radius 2 is 1.83 bits per heavy atom. The van der Waals surface area contributed by atoms with Gasteiger partial charge in [0.2, 0.25) is 6.10 Å². The summed E-state index contributed by atoms with van der Waals surface area (Å²) in [7, 11) is 0. The van der Waals surface area contributed by atoms with Crippen LogP contribution in [0, 0.1) is 5.92 Å². The maximum Gasteiger partial charge on any atom is 0.426 e. The Kier molecular flexibility index (Phi) is 4.22. The minimum atomic E-state index is -4.95. The molecule has 0 bridgehead atoms. The molecule has 2 rings (SSSR count). The van der Waals surface area contributed by atoms with E-state index in [-0.39, 0.29) is 11.3 Å². The predicted molar refractivity (Wildman–Crippen MR) is 62.8 cm³/mol. The highest BCUT2D eigenvalue weighted by Gasteiger charge is 2.52. The zero-order chi connectivity index (χ0) is 17.6. The van der Waals surface area contributed by atoms with Gasteiger partial charge >= 0.3 is 18.3 Å². The van der Waals surface area contributed by atoms with Crippen LogP contribution in [0.1, 0.15) is 17.2 Å². The maximum atomic E-state index is 12.8. The molecule has 3 atom stereocenters. The van der Waals surface area contributed by atoms with Crippen LogP contribution >= 0.6 is 0 Å². The third-order valence-corrected chi connectivity index (χ3v) is 3.41. The lowest BCUT2D eigenvalue weighted by Crippen LogP contribution is -2.47. The molecular formula is C13H10F6O4. The quantitative estimate of drug-likeness (QED) is 0.810. The van der Waals surface area contributed by atoms with Crippen molar-refractivity contribution in [3.05, 3.63) is 29.3 Å². The summed E-state index contributed by atoms with van der Waals surface area (Å²) in [6.07, 6.45) is -16.0. The number of ether oxygens (including phenoxy) is 1.